The van der Waals surface area contributed by atoms with E-state index in [9.17, 15) is 0 Å². The molecule has 1 aromatic rings. The number of nitrogens with zero attached hydrogens (tertiary/aromatic N) is 3. The van der Waals surface area contributed by atoms with Gasteiger partial charge in [-0.05, 0) is 57.3 Å². The van der Waals surface area contributed by atoms with Crippen molar-refractivity contribution in [2.75, 3.05) is 46.3 Å². The van der Waals surface area contributed by atoms with Crippen LogP contribution in [-0.2, 0) is 0 Å². The summed E-state index contributed by atoms with van der Waals surface area (Å²) in [6.45, 7) is 7.10. The largest absolute Gasteiger partial charge is 0.356 e. The fourth-order valence-corrected chi connectivity index (χ4v) is 3.95. The maximum atomic E-state index is 4.49. The Morgan fingerprint density at radius 3 is 2.60 bits per heavy atom. The summed E-state index contributed by atoms with van der Waals surface area (Å²) >= 11 is 0. The fourth-order valence-electron chi connectivity index (χ4n) is 3.95. The van der Waals surface area contributed by atoms with E-state index in [0.29, 0.717) is 5.92 Å². The van der Waals surface area contributed by atoms with Gasteiger partial charge in [0.1, 0.15) is 0 Å². The normalized spacial score (nSPS) is 21.4. The monoisotopic (exact) mass is 456 g/mol. The molecule has 0 bridgehead atoms. The van der Waals surface area contributed by atoms with Gasteiger partial charge in [0.25, 0.3) is 0 Å². The van der Waals surface area contributed by atoms with Crippen molar-refractivity contribution in [2.24, 2.45) is 4.99 Å². The van der Waals surface area contributed by atoms with Gasteiger partial charge in [-0.15, -0.1) is 24.0 Å². The fraction of sp³-hybridized carbons (Fsp3) is 0.650. The lowest BCUT2D eigenvalue weighted by Crippen LogP contribution is -2.40. The molecule has 1 unspecified atom stereocenters. The third-order valence-electron chi connectivity index (χ3n) is 5.35. The molecule has 5 heteroatoms. The van der Waals surface area contributed by atoms with Crippen LogP contribution in [0.15, 0.2) is 35.3 Å². The lowest BCUT2D eigenvalue weighted by atomic mass is 9.99. The second-order valence-electron chi connectivity index (χ2n) is 7.07. The van der Waals surface area contributed by atoms with Crippen molar-refractivity contribution in [2.45, 2.75) is 38.0 Å². The van der Waals surface area contributed by atoms with Crippen molar-refractivity contribution in [1.82, 2.24) is 15.1 Å². The lowest BCUT2D eigenvalue weighted by Gasteiger charge is -2.22. The molecule has 0 spiro atoms. The van der Waals surface area contributed by atoms with Gasteiger partial charge in [-0.1, -0.05) is 30.3 Å². The van der Waals surface area contributed by atoms with Crippen LogP contribution in [-0.4, -0.2) is 62.1 Å². The van der Waals surface area contributed by atoms with Crippen molar-refractivity contribution in [3.8, 4) is 0 Å². The van der Waals surface area contributed by atoms with E-state index >= 15 is 0 Å². The molecule has 0 aromatic heterocycles. The Bertz CT molecular complexity index is 514. The SMILES string of the molecule is CN=C(NCCCCN1CCCC1)N1CCC(c2ccccc2)C1.I. The molecule has 2 aliphatic rings. The molecule has 0 radical (unpaired) electrons. The molecule has 1 N–H and O–H groups in total. The number of nitrogens with one attached hydrogen (secondary N) is 1. The predicted octanol–water partition coefficient (Wildman–Crippen LogP) is 3.55. The molecule has 2 heterocycles. The van der Waals surface area contributed by atoms with Crippen molar-refractivity contribution >= 4 is 29.9 Å². The van der Waals surface area contributed by atoms with Gasteiger partial charge in [-0.2, -0.15) is 0 Å². The van der Waals surface area contributed by atoms with Gasteiger partial charge in [0, 0.05) is 32.6 Å². The van der Waals surface area contributed by atoms with E-state index in [1.165, 1.54) is 57.3 Å². The zero-order valence-corrected chi connectivity index (χ0v) is 17.8. The van der Waals surface area contributed by atoms with E-state index in [4.69, 9.17) is 0 Å². The predicted molar refractivity (Wildman–Crippen MR) is 117 cm³/mol. The highest BCUT2D eigenvalue weighted by atomic mass is 127. The Balaban J connectivity index is 0.00000225. The quantitative estimate of drug-likeness (QED) is 0.308. The van der Waals surface area contributed by atoms with Crippen LogP contribution < -0.4 is 5.32 Å². The molecule has 1 atom stereocenters. The third kappa shape index (κ3) is 6.13. The summed E-state index contributed by atoms with van der Waals surface area (Å²) in [6.07, 6.45) is 6.52. The van der Waals surface area contributed by atoms with Gasteiger partial charge in [-0.3, -0.25) is 4.99 Å². The Kier molecular flexibility index (Phi) is 9.03. The van der Waals surface area contributed by atoms with Gasteiger partial charge in [0.05, 0.1) is 0 Å². The highest BCUT2D eigenvalue weighted by molar-refractivity contribution is 14.0. The molecule has 0 saturated carbocycles. The van der Waals surface area contributed by atoms with E-state index in [1.54, 1.807) is 0 Å². The van der Waals surface area contributed by atoms with E-state index in [1.807, 2.05) is 7.05 Å². The molecule has 3 rings (SSSR count). The molecular weight excluding hydrogens is 423 g/mol. The van der Waals surface area contributed by atoms with Crippen LogP contribution in [0.4, 0.5) is 0 Å². The van der Waals surface area contributed by atoms with Gasteiger partial charge < -0.3 is 15.1 Å². The van der Waals surface area contributed by atoms with Gasteiger partial charge in [-0.25, -0.2) is 0 Å². The standard InChI is InChI=1S/C20H32N4.HI/c1-21-20(22-12-5-6-13-23-14-7-8-15-23)24-16-11-19(17-24)18-9-3-2-4-10-18;/h2-4,9-10,19H,5-8,11-17H2,1H3,(H,21,22);1H. The van der Waals surface area contributed by atoms with E-state index < -0.39 is 0 Å². The summed E-state index contributed by atoms with van der Waals surface area (Å²) in [5.41, 5.74) is 1.46. The zero-order chi connectivity index (χ0) is 16.6. The molecular formula is C20H33IN4. The Hall–Kier alpha value is -0.820. The summed E-state index contributed by atoms with van der Waals surface area (Å²) in [5.74, 6) is 1.72. The van der Waals surface area contributed by atoms with Gasteiger partial charge in [0.15, 0.2) is 5.96 Å². The van der Waals surface area contributed by atoms with Crippen LogP contribution in [0.3, 0.4) is 0 Å². The molecule has 2 aliphatic heterocycles. The molecule has 2 saturated heterocycles. The molecule has 1 aromatic carbocycles. The maximum absolute atomic E-state index is 4.49. The summed E-state index contributed by atoms with van der Waals surface area (Å²) in [6, 6.07) is 10.9. The number of unbranched alkanes of at least 4 members (excludes halogenated alkanes) is 1. The van der Waals surface area contributed by atoms with Crippen LogP contribution in [0, 0.1) is 0 Å². The molecule has 4 nitrogen and oxygen atoms in total. The number of rotatable bonds is 6. The van der Waals surface area contributed by atoms with Crippen molar-refractivity contribution in [3.05, 3.63) is 35.9 Å². The van der Waals surface area contributed by atoms with Crippen LogP contribution in [0.2, 0.25) is 0 Å². The second kappa shape index (κ2) is 11.0. The first kappa shape index (κ1) is 20.5. The Labute approximate surface area is 170 Å². The maximum Gasteiger partial charge on any atom is 0.193 e. The Morgan fingerprint density at radius 2 is 1.88 bits per heavy atom. The average molecular weight is 456 g/mol. The first-order valence-electron chi connectivity index (χ1n) is 9.59. The molecule has 25 heavy (non-hydrogen) atoms. The number of aliphatic imine (C=N–C) groups is 1. The summed E-state index contributed by atoms with van der Waals surface area (Å²) in [4.78, 5) is 9.51. The van der Waals surface area contributed by atoms with Crippen molar-refractivity contribution in [3.63, 3.8) is 0 Å². The number of hydrogen-bond acceptors (Lipinski definition) is 2. The summed E-state index contributed by atoms with van der Waals surface area (Å²) in [7, 11) is 1.91. The minimum Gasteiger partial charge on any atom is -0.356 e. The number of benzene rings is 1. The summed E-state index contributed by atoms with van der Waals surface area (Å²) < 4.78 is 0. The van der Waals surface area contributed by atoms with E-state index in [-0.39, 0.29) is 24.0 Å². The van der Waals surface area contributed by atoms with Crippen LogP contribution in [0.25, 0.3) is 0 Å². The first-order valence-corrected chi connectivity index (χ1v) is 9.59. The molecule has 0 aliphatic carbocycles. The number of halogens is 1. The van der Waals surface area contributed by atoms with Crippen LogP contribution >= 0.6 is 24.0 Å². The van der Waals surface area contributed by atoms with Gasteiger partial charge in [0.2, 0.25) is 0 Å². The van der Waals surface area contributed by atoms with Gasteiger partial charge >= 0.3 is 0 Å². The molecule has 140 valence electrons. The molecule has 0 amide bonds. The van der Waals surface area contributed by atoms with E-state index in [2.05, 4.69) is 50.4 Å². The minimum absolute atomic E-state index is 0. The topological polar surface area (TPSA) is 30.9 Å². The van der Waals surface area contributed by atoms with Crippen molar-refractivity contribution < 1.29 is 0 Å². The Morgan fingerprint density at radius 1 is 1.12 bits per heavy atom. The number of guanidine groups is 1. The van der Waals surface area contributed by atoms with E-state index in [0.717, 1.165) is 25.6 Å². The lowest BCUT2D eigenvalue weighted by molar-refractivity contribution is 0.330. The highest BCUT2D eigenvalue weighted by Crippen LogP contribution is 2.26. The third-order valence-corrected chi connectivity index (χ3v) is 5.35. The zero-order valence-electron chi connectivity index (χ0n) is 15.5. The number of hydrogen-bond donors (Lipinski definition) is 1. The number of likely N-dealkylation sites (tertiary alicyclic amines) is 2. The van der Waals surface area contributed by atoms with Crippen LogP contribution in [0.1, 0.15) is 43.6 Å². The van der Waals surface area contributed by atoms with Crippen LogP contribution in [0.5, 0.6) is 0 Å². The minimum atomic E-state index is 0. The second-order valence-corrected chi connectivity index (χ2v) is 7.07. The van der Waals surface area contributed by atoms with Crippen molar-refractivity contribution in [1.29, 1.82) is 0 Å². The molecule has 2 fully saturated rings. The first-order chi connectivity index (χ1) is 11.9. The highest BCUT2D eigenvalue weighted by Gasteiger charge is 2.25. The summed E-state index contributed by atoms with van der Waals surface area (Å²) in [5, 5.41) is 3.57. The smallest absolute Gasteiger partial charge is 0.193 e. The average Bonchev–Trinajstić information content (AvgIpc) is 3.31.